The molecule has 0 saturated heterocycles. The average Bonchev–Trinajstić information content (AvgIpc) is 3.18. The number of aromatic nitrogens is 1. The molecule has 1 aromatic carbocycles. The Labute approximate surface area is 144 Å². The van der Waals surface area contributed by atoms with Gasteiger partial charge < -0.3 is 9.73 Å². The molecule has 24 heavy (non-hydrogen) atoms. The number of amides is 1. The predicted octanol–water partition coefficient (Wildman–Crippen LogP) is 4.52. The summed E-state index contributed by atoms with van der Waals surface area (Å²) in [5.74, 6) is 2.18. The van der Waals surface area contributed by atoms with Crippen LogP contribution in [0.4, 0.5) is 0 Å². The zero-order valence-electron chi connectivity index (χ0n) is 13.4. The van der Waals surface area contributed by atoms with Gasteiger partial charge in [-0.1, -0.05) is 12.1 Å². The van der Waals surface area contributed by atoms with E-state index >= 15 is 0 Å². The molecule has 0 bridgehead atoms. The van der Waals surface area contributed by atoms with Crippen LogP contribution < -0.4 is 5.32 Å². The first-order chi connectivity index (χ1) is 11.7. The lowest BCUT2D eigenvalue weighted by Gasteiger charge is -2.04. The van der Waals surface area contributed by atoms with Crippen molar-refractivity contribution in [3.05, 3.63) is 63.9 Å². The van der Waals surface area contributed by atoms with Crippen LogP contribution in [0.2, 0.25) is 0 Å². The molecule has 1 amide bonds. The average molecular weight is 338 g/mol. The van der Waals surface area contributed by atoms with Gasteiger partial charge in [-0.3, -0.25) is 4.79 Å². The molecule has 4 nitrogen and oxygen atoms in total. The van der Waals surface area contributed by atoms with Crippen LogP contribution in [0.3, 0.4) is 0 Å². The number of carbonyl (C=O) groups excluding carboxylic acids is 1. The SMILES string of the molecule is Cc1ccc(CNC(=O)c2ccc(-c3csc(C4CC4)n3)cc2)o1. The number of furan rings is 1. The second-order valence-corrected chi connectivity index (χ2v) is 7.01. The predicted molar refractivity (Wildman–Crippen MR) is 94.1 cm³/mol. The number of aryl methyl sites for hydroxylation is 1. The summed E-state index contributed by atoms with van der Waals surface area (Å²) in [6.07, 6.45) is 2.53. The van der Waals surface area contributed by atoms with Gasteiger partial charge in [-0.2, -0.15) is 0 Å². The van der Waals surface area contributed by atoms with Crippen molar-refractivity contribution in [3.8, 4) is 11.3 Å². The van der Waals surface area contributed by atoms with Gasteiger partial charge in [0.05, 0.1) is 17.2 Å². The number of rotatable bonds is 5. The van der Waals surface area contributed by atoms with E-state index in [4.69, 9.17) is 9.40 Å². The minimum absolute atomic E-state index is 0.104. The zero-order chi connectivity index (χ0) is 16.5. The normalized spacial score (nSPS) is 13.9. The van der Waals surface area contributed by atoms with Crippen molar-refractivity contribution in [2.24, 2.45) is 0 Å². The van der Waals surface area contributed by atoms with Gasteiger partial charge in [0.25, 0.3) is 5.91 Å². The van der Waals surface area contributed by atoms with Crippen LogP contribution in [-0.4, -0.2) is 10.9 Å². The summed E-state index contributed by atoms with van der Waals surface area (Å²) >= 11 is 1.73. The summed E-state index contributed by atoms with van der Waals surface area (Å²) in [5.41, 5.74) is 2.69. The third kappa shape index (κ3) is 3.26. The lowest BCUT2D eigenvalue weighted by molar-refractivity contribution is 0.0948. The Kier molecular flexibility index (Phi) is 3.94. The fraction of sp³-hybridized carbons (Fsp3) is 0.263. The smallest absolute Gasteiger partial charge is 0.251 e. The van der Waals surface area contributed by atoms with Crippen LogP contribution in [0.15, 0.2) is 46.2 Å². The fourth-order valence-electron chi connectivity index (χ4n) is 2.58. The maximum absolute atomic E-state index is 12.2. The van der Waals surface area contributed by atoms with Crippen LogP contribution in [0.25, 0.3) is 11.3 Å². The summed E-state index contributed by atoms with van der Waals surface area (Å²) in [4.78, 5) is 16.9. The summed E-state index contributed by atoms with van der Waals surface area (Å²) in [6.45, 7) is 2.28. The number of nitrogens with one attached hydrogen (secondary N) is 1. The highest BCUT2D eigenvalue weighted by atomic mass is 32.1. The molecule has 4 rings (SSSR count). The molecule has 1 fully saturated rings. The van der Waals surface area contributed by atoms with E-state index in [-0.39, 0.29) is 5.91 Å². The monoisotopic (exact) mass is 338 g/mol. The van der Waals surface area contributed by atoms with Crippen LogP contribution >= 0.6 is 11.3 Å². The largest absolute Gasteiger partial charge is 0.465 e. The van der Waals surface area contributed by atoms with Crippen molar-refractivity contribution >= 4 is 17.2 Å². The Bertz CT molecular complexity index is 860. The first kappa shape index (κ1) is 15.1. The van der Waals surface area contributed by atoms with Crippen molar-refractivity contribution in [2.75, 3.05) is 0 Å². The number of benzene rings is 1. The van der Waals surface area contributed by atoms with Crippen LogP contribution in [-0.2, 0) is 6.54 Å². The molecule has 2 aromatic heterocycles. The van der Waals surface area contributed by atoms with E-state index in [0.717, 1.165) is 22.8 Å². The van der Waals surface area contributed by atoms with Crippen molar-refractivity contribution in [1.82, 2.24) is 10.3 Å². The van der Waals surface area contributed by atoms with Crippen molar-refractivity contribution in [3.63, 3.8) is 0 Å². The second-order valence-electron chi connectivity index (χ2n) is 6.12. The number of hydrogen-bond acceptors (Lipinski definition) is 4. The lowest BCUT2D eigenvalue weighted by atomic mass is 10.1. The molecule has 1 N–H and O–H groups in total. The summed E-state index contributed by atoms with van der Waals surface area (Å²) in [6, 6.07) is 11.4. The number of thiazole rings is 1. The highest BCUT2D eigenvalue weighted by Crippen LogP contribution is 2.42. The third-order valence-electron chi connectivity index (χ3n) is 4.11. The van der Waals surface area contributed by atoms with E-state index in [1.807, 2.05) is 43.3 Å². The molecule has 0 aliphatic heterocycles. The van der Waals surface area contributed by atoms with Crippen LogP contribution in [0.5, 0.6) is 0 Å². The van der Waals surface area contributed by atoms with Crippen LogP contribution in [0.1, 0.15) is 45.6 Å². The standard InChI is InChI=1S/C19H18N2O2S/c1-12-2-9-16(23-12)10-20-18(22)14-5-3-13(4-6-14)17-11-24-19(21-17)15-7-8-15/h2-6,9,11,15H,7-8,10H2,1H3,(H,20,22). The molecule has 1 saturated carbocycles. The Morgan fingerprint density at radius 2 is 2.04 bits per heavy atom. The molecule has 5 heteroatoms. The minimum Gasteiger partial charge on any atom is -0.465 e. The van der Waals surface area contributed by atoms with Gasteiger partial charge in [0.1, 0.15) is 11.5 Å². The highest BCUT2D eigenvalue weighted by Gasteiger charge is 2.26. The Hall–Kier alpha value is -2.40. The van der Waals surface area contributed by atoms with E-state index in [1.54, 1.807) is 11.3 Å². The number of carbonyl (C=O) groups is 1. The molecule has 0 spiro atoms. The van der Waals surface area contributed by atoms with E-state index in [1.165, 1.54) is 17.8 Å². The molecule has 1 aliphatic carbocycles. The third-order valence-corrected chi connectivity index (χ3v) is 5.12. The number of hydrogen-bond donors (Lipinski definition) is 1. The van der Waals surface area contributed by atoms with Crippen LogP contribution in [0, 0.1) is 6.92 Å². The molecular weight excluding hydrogens is 320 g/mol. The Morgan fingerprint density at radius 1 is 1.25 bits per heavy atom. The molecular formula is C19H18N2O2S. The zero-order valence-corrected chi connectivity index (χ0v) is 14.2. The van der Waals surface area contributed by atoms with Crippen molar-refractivity contribution < 1.29 is 9.21 Å². The maximum atomic E-state index is 12.2. The lowest BCUT2D eigenvalue weighted by Crippen LogP contribution is -2.22. The molecule has 0 atom stereocenters. The molecule has 2 heterocycles. The van der Waals surface area contributed by atoms with Gasteiger partial charge >= 0.3 is 0 Å². The van der Waals surface area contributed by atoms with E-state index in [2.05, 4.69) is 10.7 Å². The van der Waals surface area contributed by atoms with Crippen molar-refractivity contribution in [1.29, 1.82) is 0 Å². The number of nitrogens with zero attached hydrogens (tertiary/aromatic N) is 1. The topological polar surface area (TPSA) is 55.1 Å². The highest BCUT2D eigenvalue weighted by molar-refractivity contribution is 7.10. The van der Waals surface area contributed by atoms with Crippen molar-refractivity contribution in [2.45, 2.75) is 32.2 Å². The molecule has 1 aliphatic rings. The maximum Gasteiger partial charge on any atom is 0.251 e. The van der Waals surface area contributed by atoms with Gasteiger partial charge in [0.2, 0.25) is 0 Å². The summed E-state index contributed by atoms with van der Waals surface area (Å²) in [7, 11) is 0. The van der Waals surface area contributed by atoms with Gasteiger partial charge in [0, 0.05) is 22.4 Å². The van der Waals surface area contributed by atoms with Gasteiger partial charge in [-0.05, 0) is 44.0 Å². The van der Waals surface area contributed by atoms with Gasteiger partial charge in [-0.25, -0.2) is 4.98 Å². The van der Waals surface area contributed by atoms with E-state index in [9.17, 15) is 4.79 Å². The summed E-state index contributed by atoms with van der Waals surface area (Å²) < 4.78 is 5.45. The van der Waals surface area contributed by atoms with Gasteiger partial charge in [0.15, 0.2) is 0 Å². The molecule has 3 aromatic rings. The molecule has 122 valence electrons. The first-order valence-corrected chi connectivity index (χ1v) is 8.96. The second kappa shape index (κ2) is 6.24. The van der Waals surface area contributed by atoms with Gasteiger partial charge in [-0.15, -0.1) is 11.3 Å². The Balaban J connectivity index is 1.41. The fourth-order valence-corrected chi connectivity index (χ4v) is 3.58. The Morgan fingerprint density at radius 3 is 2.71 bits per heavy atom. The summed E-state index contributed by atoms with van der Waals surface area (Å²) in [5, 5.41) is 6.20. The molecule has 0 radical (unpaired) electrons. The van der Waals surface area contributed by atoms with E-state index < -0.39 is 0 Å². The first-order valence-electron chi connectivity index (χ1n) is 8.08. The van der Waals surface area contributed by atoms with E-state index in [0.29, 0.717) is 18.0 Å². The minimum atomic E-state index is -0.104. The quantitative estimate of drug-likeness (QED) is 0.744. The molecule has 0 unspecified atom stereocenters.